The molecule has 1 rings (SSSR count). The number of hydrogen-bond acceptors (Lipinski definition) is 5. The van der Waals surface area contributed by atoms with Crippen LogP contribution >= 0.6 is 11.3 Å². The van der Waals surface area contributed by atoms with Gasteiger partial charge in [0.2, 0.25) is 0 Å². The summed E-state index contributed by atoms with van der Waals surface area (Å²) in [6.45, 7) is 8.27. The van der Waals surface area contributed by atoms with Crippen molar-refractivity contribution in [2.75, 3.05) is 11.9 Å². The molecule has 5 heteroatoms. The van der Waals surface area contributed by atoms with E-state index >= 15 is 0 Å². The molecule has 0 radical (unpaired) electrons. The highest BCUT2D eigenvalue weighted by molar-refractivity contribution is 7.13. The summed E-state index contributed by atoms with van der Waals surface area (Å²) in [5.74, 6) is -0.365. The molecule has 1 aromatic rings. The largest absolute Gasteiger partial charge is 0.461 e. The summed E-state index contributed by atoms with van der Waals surface area (Å²) in [6, 6.07) is 0. The van der Waals surface area contributed by atoms with Gasteiger partial charge in [-0.05, 0) is 27.7 Å². The quantitative estimate of drug-likeness (QED) is 0.808. The van der Waals surface area contributed by atoms with E-state index in [9.17, 15) is 4.79 Å². The molecule has 0 unspecified atom stereocenters. The average molecular weight is 228 g/mol. The number of anilines is 1. The lowest BCUT2D eigenvalue weighted by atomic mass is 10.1. The van der Waals surface area contributed by atoms with Crippen LogP contribution in [0.4, 0.5) is 5.13 Å². The van der Waals surface area contributed by atoms with Crippen LogP contribution in [0, 0.1) is 0 Å². The average Bonchev–Trinajstić information content (AvgIpc) is 2.50. The van der Waals surface area contributed by atoms with Gasteiger partial charge in [-0.1, -0.05) is 0 Å². The third-order valence-electron chi connectivity index (χ3n) is 1.47. The molecule has 84 valence electrons. The van der Waals surface area contributed by atoms with Crippen LogP contribution in [0.1, 0.15) is 38.2 Å². The number of rotatable bonds is 3. The molecule has 0 amide bonds. The molecule has 0 atom stereocenters. The Kier molecular flexibility index (Phi) is 3.68. The van der Waals surface area contributed by atoms with Crippen molar-refractivity contribution in [2.24, 2.45) is 0 Å². The van der Waals surface area contributed by atoms with Gasteiger partial charge in [0.05, 0.1) is 6.61 Å². The van der Waals surface area contributed by atoms with Gasteiger partial charge in [0.25, 0.3) is 0 Å². The van der Waals surface area contributed by atoms with E-state index < -0.39 is 0 Å². The van der Waals surface area contributed by atoms with Gasteiger partial charge in [0, 0.05) is 10.9 Å². The van der Waals surface area contributed by atoms with Crippen molar-refractivity contribution < 1.29 is 9.53 Å². The van der Waals surface area contributed by atoms with Crippen molar-refractivity contribution in [1.82, 2.24) is 4.98 Å². The Hall–Kier alpha value is -1.10. The zero-order valence-electron chi connectivity index (χ0n) is 9.46. The van der Waals surface area contributed by atoms with Crippen LogP contribution in [-0.4, -0.2) is 23.1 Å². The molecule has 0 fully saturated rings. The van der Waals surface area contributed by atoms with Crippen LogP contribution in [0.5, 0.6) is 0 Å². The van der Waals surface area contributed by atoms with E-state index in [1.165, 1.54) is 11.3 Å². The van der Waals surface area contributed by atoms with E-state index in [-0.39, 0.29) is 11.5 Å². The lowest BCUT2D eigenvalue weighted by molar-refractivity contribution is 0.0520. The second-order valence-electron chi connectivity index (χ2n) is 4.13. The molecule has 0 saturated heterocycles. The minimum atomic E-state index is -0.365. The molecule has 1 N–H and O–H groups in total. The van der Waals surface area contributed by atoms with Crippen LogP contribution in [0.15, 0.2) is 5.38 Å². The predicted octanol–water partition coefficient (Wildman–Crippen LogP) is 2.53. The molecule has 4 nitrogen and oxygen atoms in total. The molecule has 0 aliphatic rings. The summed E-state index contributed by atoms with van der Waals surface area (Å²) in [5, 5.41) is 5.64. The minimum absolute atomic E-state index is 0.0518. The van der Waals surface area contributed by atoms with E-state index in [0.29, 0.717) is 12.3 Å². The highest BCUT2D eigenvalue weighted by atomic mass is 32.1. The number of aromatic nitrogens is 1. The molecule has 0 saturated carbocycles. The second kappa shape index (κ2) is 4.61. The molecule has 15 heavy (non-hydrogen) atoms. The number of esters is 1. The summed E-state index contributed by atoms with van der Waals surface area (Å²) >= 11 is 1.41. The Labute approximate surface area is 93.7 Å². The lowest BCUT2D eigenvalue weighted by Crippen LogP contribution is -2.26. The number of hydrogen-bond donors (Lipinski definition) is 1. The summed E-state index contributed by atoms with van der Waals surface area (Å²) in [5.41, 5.74) is 0.317. The van der Waals surface area contributed by atoms with E-state index in [0.717, 1.165) is 5.13 Å². The molecule has 1 aromatic heterocycles. The van der Waals surface area contributed by atoms with E-state index in [1.807, 2.05) is 20.8 Å². The molecule has 0 aliphatic carbocycles. The zero-order valence-corrected chi connectivity index (χ0v) is 10.3. The topological polar surface area (TPSA) is 51.2 Å². The maximum Gasteiger partial charge on any atom is 0.357 e. The third-order valence-corrected chi connectivity index (χ3v) is 2.23. The molecule has 0 spiro atoms. The number of carbonyl (C=O) groups excluding carboxylic acids is 1. The fourth-order valence-electron chi connectivity index (χ4n) is 0.951. The van der Waals surface area contributed by atoms with Gasteiger partial charge in [0.15, 0.2) is 10.8 Å². The van der Waals surface area contributed by atoms with Crippen LogP contribution in [-0.2, 0) is 4.74 Å². The van der Waals surface area contributed by atoms with Crippen molar-refractivity contribution in [2.45, 2.75) is 33.2 Å². The van der Waals surface area contributed by atoms with Gasteiger partial charge in [-0.3, -0.25) is 0 Å². The van der Waals surface area contributed by atoms with Gasteiger partial charge in [-0.2, -0.15) is 0 Å². The first kappa shape index (κ1) is 12.0. The summed E-state index contributed by atoms with van der Waals surface area (Å²) < 4.78 is 4.85. The molecule has 0 bridgehead atoms. The number of thiazole rings is 1. The first-order valence-corrected chi connectivity index (χ1v) is 5.71. The number of carbonyl (C=O) groups is 1. The van der Waals surface area contributed by atoms with Crippen LogP contribution < -0.4 is 5.32 Å². The van der Waals surface area contributed by atoms with Crippen molar-refractivity contribution >= 4 is 22.4 Å². The monoisotopic (exact) mass is 228 g/mol. The fourth-order valence-corrected chi connectivity index (χ4v) is 1.84. The summed E-state index contributed by atoms with van der Waals surface area (Å²) in [6.07, 6.45) is 0. The lowest BCUT2D eigenvalue weighted by Gasteiger charge is -2.19. The highest BCUT2D eigenvalue weighted by Gasteiger charge is 2.15. The maximum atomic E-state index is 11.3. The van der Waals surface area contributed by atoms with Gasteiger partial charge in [0.1, 0.15) is 0 Å². The minimum Gasteiger partial charge on any atom is -0.461 e. The highest BCUT2D eigenvalue weighted by Crippen LogP contribution is 2.20. The Morgan fingerprint density at radius 2 is 2.27 bits per heavy atom. The summed E-state index contributed by atoms with van der Waals surface area (Å²) in [4.78, 5) is 15.5. The van der Waals surface area contributed by atoms with E-state index in [1.54, 1.807) is 12.3 Å². The first-order valence-electron chi connectivity index (χ1n) is 4.83. The normalized spacial score (nSPS) is 11.2. The first-order chi connectivity index (χ1) is 6.92. The van der Waals surface area contributed by atoms with Gasteiger partial charge >= 0.3 is 5.97 Å². The SMILES string of the molecule is CCOC(=O)c1csc(NC(C)(C)C)n1. The maximum absolute atomic E-state index is 11.3. The molecule has 0 aromatic carbocycles. The Bertz CT molecular complexity index is 341. The zero-order chi connectivity index (χ0) is 11.5. The molecule has 1 heterocycles. The van der Waals surface area contributed by atoms with Crippen LogP contribution in [0.25, 0.3) is 0 Å². The molecular weight excluding hydrogens is 212 g/mol. The number of nitrogens with zero attached hydrogens (tertiary/aromatic N) is 1. The van der Waals surface area contributed by atoms with Crippen molar-refractivity contribution in [1.29, 1.82) is 0 Å². The van der Waals surface area contributed by atoms with E-state index in [4.69, 9.17) is 4.74 Å². The Balaban J connectivity index is 2.68. The van der Waals surface area contributed by atoms with Crippen molar-refractivity contribution in [3.63, 3.8) is 0 Å². The van der Waals surface area contributed by atoms with Crippen molar-refractivity contribution in [3.8, 4) is 0 Å². The van der Waals surface area contributed by atoms with Crippen molar-refractivity contribution in [3.05, 3.63) is 11.1 Å². The van der Waals surface area contributed by atoms with Gasteiger partial charge < -0.3 is 10.1 Å². The number of nitrogens with one attached hydrogen (secondary N) is 1. The number of ether oxygens (including phenoxy) is 1. The fraction of sp³-hybridized carbons (Fsp3) is 0.600. The Morgan fingerprint density at radius 3 is 2.80 bits per heavy atom. The smallest absolute Gasteiger partial charge is 0.357 e. The summed E-state index contributed by atoms with van der Waals surface area (Å²) in [7, 11) is 0. The van der Waals surface area contributed by atoms with Gasteiger partial charge in [-0.25, -0.2) is 9.78 Å². The molecule has 0 aliphatic heterocycles. The standard InChI is InChI=1S/C10H16N2O2S/c1-5-14-8(13)7-6-15-9(11-7)12-10(2,3)4/h6H,5H2,1-4H3,(H,11,12). The molecular formula is C10H16N2O2S. The Morgan fingerprint density at radius 1 is 1.60 bits per heavy atom. The van der Waals surface area contributed by atoms with E-state index in [2.05, 4.69) is 10.3 Å². The van der Waals surface area contributed by atoms with Crippen LogP contribution in [0.3, 0.4) is 0 Å². The van der Waals surface area contributed by atoms with Gasteiger partial charge in [-0.15, -0.1) is 11.3 Å². The predicted molar refractivity (Wildman–Crippen MR) is 61.4 cm³/mol. The van der Waals surface area contributed by atoms with Crippen LogP contribution in [0.2, 0.25) is 0 Å². The third kappa shape index (κ3) is 3.87. The second-order valence-corrected chi connectivity index (χ2v) is 4.99.